The van der Waals surface area contributed by atoms with Gasteiger partial charge in [0.25, 0.3) is 0 Å². The molecular formula is C2H10N3OP3. The van der Waals surface area contributed by atoms with Gasteiger partial charge in [-0.05, 0) is 6.92 Å². The SMILES string of the molecule is CCOP1NPNPN1. The molecule has 1 heterocycles. The van der Waals surface area contributed by atoms with E-state index in [2.05, 4.69) is 14.6 Å². The summed E-state index contributed by atoms with van der Waals surface area (Å²) in [5, 5.41) is 0. The van der Waals surface area contributed by atoms with Gasteiger partial charge < -0.3 is 4.52 Å². The Bertz CT molecular complexity index is 74.7. The summed E-state index contributed by atoms with van der Waals surface area (Å²) < 4.78 is 5.30. The number of rotatable bonds is 2. The molecule has 2 atom stereocenters. The van der Waals surface area contributed by atoms with Crippen LogP contribution in [0.15, 0.2) is 0 Å². The summed E-state index contributed by atoms with van der Waals surface area (Å²) >= 11 is 0. The fourth-order valence-electron chi connectivity index (χ4n) is 0.410. The molecule has 1 aliphatic rings. The lowest BCUT2D eigenvalue weighted by atomic mass is 10.9. The van der Waals surface area contributed by atoms with Crippen LogP contribution in [0.3, 0.4) is 0 Å². The van der Waals surface area contributed by atoms with Crippen LogP contribution in [-0.2, 0) is 4.52 Å². The van der Waals surface area contributed by atoms with Gasteiger partial charge in [-0.15, -0.1) is 0 Å². The fourth-order valence-corrected chi connectivity index (χ4v) is 4.43. The van der Waals surface area contributed by atoms with Gasteiger partial charge in [-0.25, -0.2) is 9.72 Å². The third-order valence-electron chi connectivity index (χ3n) is 0.698. The third kappa shape index (κ3) is 3.15. The summed E-state index contributed by atoms with van der Waals surface area (Å²) in [6, 6.07) is 0. The van der Waals surface area contributed by atoms with Crippen LogP contribution >= 0.6 is 26.2 Å². The normalized spacial score (nSPS) is 33.7. The minimum atomic E-state index is -0.510. The van der Waals surface area contributed by atoms with Crippen LogP contribution in [0.4, 0.5) is 0 Å². The first-order valence-electron chi connectivity index (χ1n) is 2.63. The fraction of sp³-hybridized carbons (Fsp3) is 1.00. The largest absolute Gasteiger partial charge is 0.331 e. The number of hydrogen-bond acceptors (Lipinski definition) is 4. The molecule has 1 rings (SSSR count). The Hall–Kier alpha value is 1.13. The van der Waals surface area contributed by atoms with Crippen molar-refractivity contribution in [2.45, 2.75) is 6.92 Å². The molecule has 0 aromatic heterocycles. The predicted molar refractivity (Wildman–Crippen MR) is 44.6 cm³/mol. The van der Waals surface area contributed by atoms with E-state index < -0.39 is 8.45 Å². The molecule has 2 unspecified atom stereocenters. The molecule has 0 radical (unpaired) electrons. The van der Waals surface area contributed by atoms with Crippen LogP contribution < -0.4 is 14.6 Å². The Morgan fingerprint density at radius 3 is 2.67 bits per heavy atom. The average molecular weight is 185 g/mol. The highest BCUT2D eigenvalue weighted by atomic mass is 31.2. The predicted octanol–water partition coefficient (Wildman–Crippen LogP) is 1.05. The highest BCUT2D eigenvalue weighted by Gasteiger charge is 2.10. The lowest BCUT2D eigenvalue weighted by Gasteiger charge is -2.23. The Morgan fingerprint density at radius 1 is 1.44 bits per heavy atom. The molecule has 1 saturated heterocycles. The molecule has 4 nitrogen and oxygen atoms in total. The van der Waals surface area contributed by atoms with E-state index in [9.17, 15) is 0 Å². The van der Waals surface area contributed by atoms with Crippen molar-refractivity contribution in [1.29, 1.82) is 0 Å². The molecule has 0 aromatic carbocycles. The van der Waals surface area contributed by atoms with Crippen LogP contribution in [0.2, 0.25) is 0 Å². The standard InChI is InChI=1S/C2H10N3OP3/c1-2-6-9-4-7-3-8-5-9/h3-5,7-8H,2H2,1H3. The van der Waals surface area contributed by atoms with E-state index in [-0.39, 0.29) is 0 Å². The molecule has 9 heavy (non-hydrogen) atoms. The van der Waals surface area contributed by atoms with E-state index in [4.69, 9.17) is 4.52 Å². The van der Waals surface area contributed by atoms with E-state index in [1.165, 1.54) is 0 Å². The summed E-state index contributed by atoms with van der Waals surface area (Å²) in [5.41, 5.74) is 0. The third-order valence-corrected chi connectivity index (χ3v) is 4.73. The summed E-state index contributed by atoms with van der Waals surface area (Å²) in [4.78, 5) is 9.49. The Morgan fingerprint density at radius 2 is 2.11 bits per heavy atom. The van der Waals surface area contributed by atoms with Crippen molar-refractivity contribution in [3.05, 3.63) is 0 Å². The maximum atomic E-state index is 5.30. The second kappa shape index (κ2) is 4.87. The van der Waals surface area contributed by atoms with Crippen LogP contribution in [-0.4, -0.2) is 6.61 Å². The molecule has 0 spiro atoms. The van der Waals surface area contributed by atoms with Gasteiger partial charge in [-0.2, -0.15) is 0 Å². The van der Waals surface area contributed by atoms with Crippen LogP contribution in [0.5, 0.6) is 0 Å². The minimum Gasteiger partial charge on any atom is -0.331 e. The molecule has 0 amide bonds. The maximum absolute atomic E-state index is 5.30. The van der Waals surface area contributed by atoms with Crippen molar-refractivity contribution in [3.63, 3.8) is 0 Å². The smallest absolute Gasteiger partial charge is 0.191 e. The number of nitrogens with one attached hydrogen (secondary N) is 3. The molecule has 0 aliphatic carbocycles. The van der Waals surface area contributed by atoms with E-state index >= 15 is 0 Å². The van der Waals surface area contributed by atoms with Crippen LogP contribution in [0.25, 0.3) is 0 Å². The van der Waals surface area contributed by atoms with Crippen molar-refractivity contribution in [2.24, 2.45) is 0 Å². The maximum Gasteiger partial charge on any atom is 0.191 e. The molecule has 7 heteroatoms. The molecule has 1 fully saturated rings. The van der Waals surface area contributed by atoms with Crippen molar-refractivity contribution in [2.75, 3.05) is 6.61 Å². The van der Waals surface area contributed by atoms with E-state index in [1.54, 1.807) is 0 Å². The lowest BCUT2D eigenvalue weighted by Crippen LogP contribution is -2.17. The molecule has 3 N–H and O–H groups in total. The summed E-state index contributed by atoms with van der Waals surface area (Å²) in [6.45, 7) is 2.78. The minimum absolute atomic E-state index is 0.510. The van der Waals surface area contributed by atoms with Gasteiger partial charge in [0.05, 0.1) is 6.61 Å². The van der Waals surface area contributed by atoms with Crippen molar-refractivity contribution in [1.82, 2.24) is 14.6 Å². The topological polar surface area (TPSA) is 45.3 Å². The zero-order chi connectivity index (χ0) is 6.53. The summed E-state index contributed by atoms with van der Waals surface area (Å²) in [6.07, 6.45) is 0. The molecular weight excluding hydrogens is 175 g/mol. The molecule has 0 saturated carbocycles. The Labute approximate surface area is 59.6 Å². The Balaban J connectivity index is 2.08. The molecule has 1 aliphatic heterocycles. The molecule has 0 aromatic rings. The number of hydrogen-bond donors (Lipinski definition) is 3. The second-order valence-corrected chi connectivity index (χ2v) is 5.45. The van der Waals surface area contributed by atoms with Crippen LogP contribution in [0.1, 0.15) is 6.92 Å². The van der Waals surface area contributed by atoms with E-state index in [1.807, 2.05) is 6.92 Å². The first kappa shape index (κ1) is 8.23. The first-order valence-corrected chi connectivity index (χ1v) is 5.89. The van der Waals surface area contributed by atoms with Gasteiger partial charge >= 0.3 is 0 Å². The van der Waals surface area contributed by atoms with Gasteiger partial charge in [-0.3, -0.25) is 4.86 Å². The van der Waals surface area contributed by atoms with Gasteiger partial charge in [0.15, 0.2) is 8.45 Å². The van der Waals surface area contributed by atoms with E-state index in [0.717, 1.165) is 6.61 Å². The average Bonchev–Trinajstić information content (AvgIpc) is 1.91. The zero-order valence-corrected chi connectivity index (χ0v) is 7.96. The zero-order valence-electron chi connectivity index (χ0n) is 5.06. The summed E-state index contributed by atoms with van der Waals surface area (Å²) in [7, 11) is 0.781. The van der Waals surface area contributed by atoms with E-state index in [0.29, 0.717) is 17.8 Å². The van der Waals surface area contributed by atoms with Crippen molar-refractivity contribution >= 4 is 26.2 Å². The molecule has 54 valence electrons. The summed E-state index contributed by atoms with van der Waals surface area (Å²) in [5.74, 6) is 0. The Kier molecular flexibility index (Phi) is 4.45. The monoisotopic (exact) mass is 185 g/mol. The highest BCUT2D eigenvalue weighted by Crippen LogP contribution is 2.39. The lowest BCUT2D eigenvalue weighted by molar-refractivity contribution is 0.374. The quantitative estimate of drug-likeness (QED) is 0.562. The van der Waals surface area contributed by atoms with Gasteiger partial charge in [0, 0.05) is 17.8 Å². The van der Waals surface area contributed by atoms with Crippen molar-refractivity contribution < 1.29 is 4.52 Å². The van der Waals surface area contributed by atoms with Crippen molar-refractivity contribution in [3.8, 4) is 0 Å². The second-order valence-electron chi connectivity index (χ2n) is 1.31. The van der Waals surface area contributed by atoms with Gasteiger partial charge in [0.2, 0.25) is 0 Å². The van der Waals surface area contributed by atoms with Crippen LogP contribution in [0, 0.1) is 0 Å². The first-order chi connectivity index (χ1) is 4.43. The highest BCUT2D eigenvalue weighted by molar-refractivity contribution is 7.71. The van der Waals surface area contributed by atoms with Gasteiger partial charge in [0.1, 0.15) is 0 Å². The van der Waals surface area contributed by atoms with Gasteiger partial charge in [-0.1, -0.05) is 0 Å². The molecule has 0 bridgehead atoms.